The Labute approximate surface area is 165 Å². The smallest absolute Gasteiger partial charge is 0.239 e. The summed E-state index contributed by atoms with van der Waals surface area (Å²) in [5.74, 6) is 1.13. The quantitative estimate of drug-likeness (QED) is 0.476. The average Bonchev–Trinajstić information content (AvgIpc) is 3.16. The zero-order chi connectivity index (χ0) is 19.2. The van der Waals surface area contributed by atoms with Gasteiger partial charge >= 0.3 is 0 Å². The highest BCUT2D eigenvalue weighted by atomic mass is 32.2. The van der Waals surface area contributed by atoms with Crippen molar-refractivity contribution >= 4 is 34.1 Å². The number of rotatable bonds is 7. The summed E-state index contributed by atoms with van der Waals surface area (Å²) in [7, 11) is 3.18. The van der Waals surface area contributed by atoms with Crippen LogP contribution in [0.15, 0.2) is 47.2 Å². The van der Waals surface area contributed by atoms with E-state index in [4.69, 9.17) is 9.47 Å². The van der Waals surface area contributed by atoms with E-state index in [-0.39, 0.29) is 11.2 Å². The van der Waals surface area contributed by atoms with E-state index in [1.807, 2.05) is 23.6 Å². The van der Waals surface area contributed by atoms with Crippen LogP contribution in [-0.4, -0.2) is 40.3 Å². The number of ether oxygens (including phenoxy) is 2. The van der Waals surface area contributed by atoms with E-state index in [2.05, 4.69) is 20.3 Å². The Kier molecular flexibility index (Phi) is 6.25. The Morgan fingerprint density at radius 3 is 2.63 bits per heavy atom. The summed E-state index contributed by atoms with van der Waals surface area (Å²) in [6, 6.07) is 7.31. The van der Waals surface area contributed by atoms with Crippen molar-refractivity contribution in [1.82, 2.24) is 15.0 Å². The van der Waals surface area contributed by atoms with Crippen LogP contribution in [-0.2, 0) is 4.79 Å². The van der Waals surface area contributed by atoms with Gasteiger partial charge in [-0.15, -0.1) is 11.3 Å². The molecule has 0 aliphatic heterocycles. The molecule has 0 spiro atoms. The van der Waals surface area contributed by atoms with E-state index in [0.29, 0.717) is 21.8 Å². The van der Waals surface area contributed by atoms with Crippen LogP contribution < -0.4 is 14.8 Å². The number of thioether (sulfide) groups is 1. The van der Waals surface area contributed by atoms with Crippen LogP contribution in [0.4, 0.5) is 5.13 Å². The number of thiazole rings is 1. The van der Waals surface area contributed by atoms with Gasteiger partial charge in [0.05, 0.1) is 25.2 Å². The van der Waals surface area contributed by atoms with Gasteiger partial charge in [0.15, 0.2) is 21.8 Å². The predicted molar refractivity (Wildman–Crippen MR) is 107 cm³/mol. The SMILES string of the molecule is COc1ccc(-c2csc(NC(=O)C(C)Sc3ncccn3)n2)cc1OC. The number of anilines is 1. The van der Waals surface area contributed by atoms with Crippen molar-refractivity contribution in [3.63, 3.8) is 0 Å². The Bertz CT molecular complexity index is 918. The summed E-state index contributed by atoms with van der Waals surface area (Å²) in [6.07, 6.45) is 3.30. The monoisotopic (exact) mass is 402 g/mol. The van der Waals surface area contributed by atoms with Crippen LogP contribution in [0, 0.1) is 0 Å². The molecule has 0 aliphatic rings. The number of hydrogen-bond acceptors (Lipinski definition) is 8. The van der Waals surface area contributed by atoms with Crippen LogP contribution in [0.2, 0.25) is 0 Å². The summed E-state index contributed by atoms with van der Waals surface area (Å²) in [5, 5.41) is 5.47. The van der Waals surface area contributed by atoms with Crippen molar-refractivity contribution in [2.24, 2.45) is 0 Å². The Balaban J connectivity index is 1.68. The molecular weight excluding hydrogens is 384 g/mol. The Hall–Kier alpha value is -2.65. The molecule has 1 aromatic carbocycles. The molecule has 2 heterocycles. The minimum absolute atomic E-state index is 0.152. The highest BCUT2D eigenvalue weighted by Crippen LogP contribution is 2.33. The van der Waals surface area contributed by atoms with Gasteiger partial charge in [-0.2, -0.15) is 0 Å². The summed E-state index contributed by atoms with van der Waals surface area (Å²) in [5.41, 5.74) is 1.63. The molecule has 3 aromatic rings. The van der Waals surface area contributed by atoms with Crippen LogP contribution >= 0.6 is 23.1 Å². The number of nitrogens with one attached hydrogen (secondary N) is 1. The Morgan fingerprint density at radius 1 is 1.19 bits per heavy atom. The van der Waals surface area contributed by atoms with E-state index in [1.54, 1.807) is 39.6 Å². The lowest BCUT2D eigenvalue weighted by atomic mass is 10.1. The molecule has 27 heavy (non-hydrogen) atoms. The van der Waals surface area contributed by atoms with E-state index in [9.17, 15) is 4.79 Å². The van der Waals surface area contributed by atoms with Gasteiger partial charge in [-0.3, -0.25) is 4.79 Å². The average molecular weight is 403 g/mol. The first-order chi connectivity index (χ1) is 13.1. The number of amides is 1. The molecule has 1 unspecified atom stereocenters. The van der Waals surface area contributed by atoms with Crippen LogP contribution in [0.5, 0.6) is 11.5 Å². The third-order valence-electron chi connectivity index (χ3n) is 3.61. The maximum absolute atomic E-state index is 12.4. The molecule has 2 aromatic heterocycles. The van der Waals surface area contributed by atoms with E-state index in [0.717, 1.165) is 11.3 Å². The highest BCUT2D eigenvalue weighted by Gasteiger charge is 2.18. The van der Waals surface area contributed by atoms with Gasteiger partial charge in [-0.25, -0.2) is 15.0 Å². The van der Waals surface area contributed by atoms with Gasteiger partial charge in [-0.05, 0) is 31.2 Å². The molecule has 9 heteroatoms. The lowest BCUT2D eigenvalue weighted by Crippen LogP contribution is -2.22. The normalized spacial score (nSPS) is 11.7. The summed E-state index contributed by atoms with van der Waals surface area (Å²) in [4.78, 5) is 25.1. The standard InChI is InChI=1S/C18H18N4O3S2/c1-11(27-17-19-7-4-8-20-17)16(23)22-18-21-13(10-26-18)12-5-6-14(24-2)15(9-12)25-3/h4-11H,1-3H3,(H,21,22,23). The van der Waals surface area contributed by atoms with Crippen molar-refractivity contribution in [2.45, 2.75) is 17.3 Å². The van der Waals surface area contributed by atoms with Gasteiger partial charge in [0.25, 0.3) is 0 Å². The highest BCUT2D eigenvalue weighted by molar-refractivity contribution is 8.00. The second kappa shape index (κ2) is 8.83. The lowest BCUT2D eigenvalue weighted by Gasteiger charge is -2.09. The third-order valence-corrected chi connectivity index (χ3v) is 5.35. The molecule has 0 aliphatic carbocycles. The maximum Gasteiger partial charge on any atom is 0.239 e. The molecule has 1 atom stereocenters. The van der Waals surface area contributed by atoms with E-state index in [1.165, 1.54) is 23.1 Å². The molecule has 0 bridgehead atoms. The molecular formula is C18H18N4O3S2. The summed E-state index contributed by atoms with van der Waals surface area (Å²) in [6.45, 7) is 1.80. The molecule has 0 saturated carbocycles. The fraction of sp³-hybridized carbons (Fsp3) is 0.222. The number of hydrogen-bond donors (Lipinski definition) is 1. The van der Waals surface area contributed by atoms with Crippen molar-refractivity contribution < 1.29 is 14.3 Å². The first kappa shape index (κ1) is 19.1. The molecule has 1 N–H and O–H groups in total. The number of carbonyl (C=O) groups excluding carboxylic acids is 1. The minimum Gasteiger partial charge on any atom is -0.493 e. The predicted octanol–water partition coefficient (Wildman–Crippen LogP) is 3.74. The van der Waals surface area contributed by atoms with Crippen LogP contribution in [0.25, 0.3) is 11.3 Å². The lowest BCUT2D eigenvalue weighted by molar-refractivity contribution is -0.115. The van der Waals surface area contributed by atoms with Gasteiger partial charge in [-0.1, -0.05) is 11.8 Å². The maximum atomic E-state index is 12.4. The first-order valence-electron chi connectivity index (χ1n) is 8.03. The largest absolute Gasteiger partial charge is 0.493 e. The zero-order valence-electron chi connectivity index (χ0n) is 15.0. The number of methoxy groups -OCH3 is 2. The zero-order valence-corrected chi connectivity index (χ0v) is 16.6. The topological polar surface area (TPSA) is 86.2 Å². The molecule has 140 valence electrons. The molecule has 0 saturated heterocycles. The van der Waals surface area contributed by atoms with Gasteiger partial charge in [0, 0.05) is 23.3 Å². The fourth-order valence-electron chi connectivity index (χ4n) is 2.22. The minimum atomic E-state index is -0.346. The van der Waals surface area contributed by atoms with Gasteiger partial charge < -0.3 is 14.8 Å². The Morgan fingerprint density at radius 2 is 1.93 bits per heavy atom. The second-order valence-electron chi connectivity index (χ2n) is 5.39. The van der Waals surface area contributed by atoms with Crippen molar-refractivity contribution in [3.8, 4) is 22.8 Å². The number of aromatic nitrogens is 3. The molecule has 7 nitrogen and oxygen atoms in total. The number of nitrogens with zero attached hydrogens (tertiary/aromatic N) is 3. The first-order valence-corrected chi connectivity index (χ1v) is 9.79. The van der Waals surface area contributed by atoms with Crippen LogP contribution in [0.1, 0.15) is 6.92 Å². The molecule has 1 amide bonds. The third kappa shape index (κ3) is 4.75. The van der Waals surface area contributed by atoms with Crippen molar-refractivity contribution in [2.75, 3.05) is 19.5 Å². The molecule has 3 rings (SSSR count). The van der Waals surface area contributed by atoms with Gasteiger partial charge in [0.2, 0.25) is 5.91 Å². The van der Waals surface area contributed by atoms with Crippen molar-refractivity contribution in [3.05, 3.63) is 42.0 Å². The summed E-state index contributed by atoms with van der Waals surface area (Å²) >= 11 is 2.66. The second-order valence-corrected chi connectivity index (χ2v) is 7.55. The summed E-state index contributed by atoms with van der Waals surface area (Å²) < 4.78 is 10.6. The number of carbonyl (C=O) groups is 1. The number of benzene rings is 1. The molecule has 0 fully saturated rings. The molecule has 0 radical (unpaired) electrons. The fourth-order valence-corrected chi connectivity index (χ4v) is 3.67. The van der Waals surface area contributed by atoms with Gasteiger partial charge in [0.1, 0.15) is 0 Å². The van der Waals surface area contributed by atoms with E-state index < -0.39 is 0 Å². The van der Waals surface area contributed by atoms with Crippen LogP contribution in [0.3, 0.4) is 0 Å². The van der Waals surface area contributed by atoms with Crippen molar-refractivity contribution in [1.29, 1.82) is 0 Å². The van der Waals surface area contributed by atoms with E-state index >= 15 is 0 Å².